The number of thiocarbonyl (C=S) groups is 1. The van der Waals surface area contributed by atoms with Gasteiger partial charge in [-0.3, -0.25) is 4.99 Å². The largest absolute Gasteiger partial charge is 0.454 e. The first kappa shape index (κ1) is 16.1. The van der Waals surface area contributed by atoms with E-state index in [4.69, 9.17) is 26.7 Å². The van der Waals surface area contributed by atoms with E-state index in [0.29, 0.717) is 5.11 Å². The number of fused-ring (bicyclic) bond motifs is 2. The van der Waals surface area contributed by atoms with Crippen LogP contribution in [0, 0.1) is 0 Å². The molecule has 5 nitrogen and oxygen atoms in total. The minimum absolute atomic E-state index is 0.252. The number of amidine groups is 1. The summed E-state index contributed by atoms with van der Waals surface area (Å²) in [4.78, 5) is 6.99. The molecule has 0 aliphatic carbocycles. The SMILES string of the molecule is S=C1NC(c2cccc(Br)c2)(c2ccc3c(c2)OCO3)C2=NCCCN12. The van der Waals surface area contributed by atoms with E-state index in [1.165, 1.54) is 0 Å². The Morgan fingerprint density at radius 3 is 2.85 bits per heavy atom. The van der Waals surface area contributed by atoms with Gasteiger partial charge < -0.3 is 19.7 Å². The van der Waals surface area contributed by atoms with Gasteiger partial charge in [-0.05, 0) is 54.0 Å². The highest BCUT2D eigenvalue weighted by atomic mass is 79.9. The number of hydrogen-bond donors (Lipinski definition) is 1. The van der Waals surface area contributed by atoms with E-state index >= 15 is 0 Å². The van der Waals surface area contributed by atoms with E-state index < -0.39 is 5.54 Å². The Hall–Kier alpha value is -2.12. The summed E-state index contributed by atoms with van der Waals surface area (Å²) < 4.78 is 12.1. The van der Waals surface area contributed by atoms with E-state index in [0.717, 1.165) is 52.4 Å². The second-order valence-corrected chi connectivity index (χ2v) is 7.77. The van der Waals surface area contributed by atoms with Crippen molar-refractivity contribution < 1.29 is 9.47 Å². The molecule has 3 aliphatic heterocycles. The molecule has 0 saturated carbocycles. The number of nitrogens with zero attached hydrogens (tertiary/aromatic N) is 2. The summed E-state index contributed by atoms with van der Waals surface area (Å²) in [5.41, 5.74) is 1.48. The Morgan fingerprint density at radius 2 is 1.96 bits per heavy atom. The lowest BCUT2D eigenvalue weighted by Gasteiger charge is -2.33. The number of aliphatic imine (C=N–C) groups is 1. The summed E-state index contributed by atoms with van der Waals surface area (Å²) in [5, 5.41) is 4.28. The van der Waals surface area contributed by atoms with Gasteiger partial charge in [0.1, 0.15) is 11.4 Å². The molecule has 0 radical (unpaired) electrons. The number of rotatable bonds is 2. The lowest BCUT2D eigenvalue weighted by atomic mass is 9.81. The third-order valence-electron chi connectivity index (χ3n) is 5.00. The van der Waals surface area contributed by atoms with Gasteiger partial charge in [-0.15, -0.1) is 0 Å². The molecule has 26 heavy (non-hydrogen) atoms. The summed E-state index contributed by atoms with van der Waals surface area (Å²) in [6.45, 7) is 1.93. The van der Waals surface area contributed by atoms with E-state index in [1.54, 1.807) is 0 Å². The fraction of sp³-hybridized carbons (Fsp3) is 0.263. The van der Waals surface area contributed by atoms with Crippen molar-refractivity contribution in [2.45, 2.75) is 12.0 Å². The molecule has 2 aromatic rings. The molecule has 0 spiro atoms. The fourth-order valence-electron chi connectivity index (χ4n) is 3.83. The average molecular weight is 430 g/mol. The summed E-state index contributed by atoms with van der Waals surface area (Å²) in [7, 11) is 0. The van der Waals surface area contributed by atoms with Crippen LogP contribution in [0.5, 0.6) is 11.5 Å². The Kier molecular flexibility index (Phi) is 3.68. The maximum absolute atomic E-state index is 5.66. The Morgan fingerprint density at radius 1 is 1.12 bits per heavy atom. The lowest BCUT2D eigenvalue weighted by molar-refractivity contribution is 0.174. The summed E-state index contributed by atoms with van der Waals surface area (Å²) in [6, 6.07) is 14.3. The molecule has 7 heteroatoms. The van der Waals surface area contributed by atoms with Crippen molar-refractivity contribution in [1.29, 1.82) is 0 Å². The molecule has 5 rings (SSSR count). The standard InChI is InChI=1S/C19H16BrN3O2S/c20-14-4-1-3-12(9-14)19(13-5-6-15-16(10-13)25-11-24-15)17-21-7-2-8-23(17)18(26)22-19/h1,3-6,9-10H,2,7-8,11H2,(H,22,26). The minimum atomic E-state index is -0.637. The van der Waals surface area contributed by atoms with Crippen molar-refractivity contribution in [3.63, 3.8) is 0 Å². The van der Waals surface area contributed by atoms with E-state index in [2.05, 4.69) is 44.3 Å². The smallest absolute Gasteiger partial charge is 0.231 e. The molecule has 3 aliphatic rings. The third kappa shape index (κ3) is 2.27. The van der Waals surface area contributed by atoms with Crippen LogP contribution in [0.1, 0.15) is 17.5 Å². The molecule has 0 amide bonds. The quantitative estimate of drug-likeness (QED) is 0.741. The summed E-state index contributed by atoms with van der Waals surface area (Å²) >= 11 is 9.26. The number of ether oxygens (including phenoxy) is 2. The topological polar surface area (TPSA) is 46.1 Å². The van der Waals surface area contributed by atoms with Crippen LogP contribution in [0.3, 0.4) is 0 Å². The number of halogens is 1. The van der Waals surface area contributed by atoms with Gasteiger partial charge in [-0.25, -0.2) is 0 Å². The molecule has 1 N–H and O–H groups in total. The van der Waals surface area contributed by atoms with Gasteiger partial charge in [0.05, 0.1) is 0 Å². The van der Waals surface area contributed by atoms with Crippen LogP contribution in [0.25, 0.3) is 0 Å². The highest BCUT2D eigenvalue weighted by Crippen LogP contribution is 2.43. The molecule has 1 atom stereocenters. The lowest BCUT2D eigenvalue weighted by Crippen LogP contribution is -2.46. The van der Waals surface area contributed by atoms with Crippen molar-refractivity contribution in [2.24, 2.45) is 4.99 Å². The van der Waals surface area contributed by atoms with E-state index in [-0.39, 0.29) is 6.79 Å². The molecule has 2 aromatic carbocycles. The van der Waals surface area contributed by atoms with Gasteiger partial charge in [0.15, 0.2) is 16.6 Å². The molecule has 0 bridgehead atoms. The first-order chi connectivity index (χ1) is 12.7. The van der Waals surface area contributed by atoms with Crippen molar-refractivity contribution in [3.05, 3.63) is 58.1 Å². The van der Waals surface area contributed by atoms with Gasteiger partial charge in [0.2, 0.25) is 6.79 Å². The van der Waals surface area contributed by atoms with Crippen molar-refractivity contribution in [3.8, 4) is 11.5 Å². The van der Waals surface area contributed by atoms with Crippen LogP contribution in [-0.2, 0) is 5.54 Å². The molecule has 1 fully saturated rings. The third-order valence-corrected chi connectivity index (χ3v) is 5.81. The van der Waals surface area contributed by atoms with Crippen molar-refractivity contribution in [2.75, 3.05) is 19.9 Å². The summed E-state index contributed by atoms with van der Waals surface area (Å²) in [5.74, 6) is 2.46. The molecule has 0 aromatic heterocycles. The zero-order chi connectivity index (χ0) is 17.7. The van der Waals surface area contributed by atoms with Crippen molar-refractivity contribution >= 4 is 39.1 Å². The first-order valence-electron chi connectivity index (χ1n) is 8.49. The zero-order valence-electron chi connectivity index (χ0n) is 13.9. The van der Waals surface area contributed by atoms with Crippen LogP contribution in [-0.4, -0.2) is 35.7 Å². The molecule has 3 heterocycles. The molecular formula is C19H16BrN3O2S. The molecular weight excluding hydrogens is 414 g/mol. The van der Waals surface area contributed by atoms with Crippen LogP contribution in [0.15, 0.2) is 51.9 Å². The molecule has 1 saturated heterocycles. The predicted octanol–water partition coefficient (Wildman–Crippen LogP) is 3.41. The van der Waals surface area contributed by atoms with Crippen molar-refractivity contribution in [1.82, 2.24) is 10.2 Å². The number of hydrogen-bond acceptors (Lipinski definition) is 4. The van der Waals surface area contributed by atoms with Crippen LogP contribution in [0.4, 0.5) is 0 Å². The van der Waals surface area contributed by atoms with Crippen LogP contribution < -0.4 is 14.8 Å². The maximum atomic E-state index is 5.66. The Bertz CT molecular complexity index is 948. The predicted molar refractivity (Wildman–Crippen MR) is 107 cm³/mol. The fourth-order valence-corrected chi connectivity index (χ4v) is 4.56. The Balaban J connectivity index is 1.77. The van der Waals surface area contributed by atoms with Gasteiger partial charge >= 0.3 is 0 Å². The average Bonchev–Trinajstić information content (AvgIpc) is 3.25. The first-order valence-corrected chi connectivity index (χ1v) is 9.69. The second kappa shape index (κ2) is 5.96. The summed E-state index contributed by atoms with van der Waals surface area (Å²) in [6.07, 6.45) is 1.00. The van der Waals surface area contributed by atoms with Gasteiger partial charge in [-0.1, -0.05) is 34.1 Å². The van der Waals surface area contributed by atoms with E-state index in [9.17, 15) is 0 Å². The Labute approximate surface area is 165 Å². The maximum Gasteiger partial charge on any atom is 0.231 e. The number of nitrogens with one attached hydrogen (secondary N) is 1. The van der Waals surface area contributed by atoms with Gasteiger partial charge in [0.25, 0.3) is 0 Å². The van der Waals surface area contributed by atoms with Crippen LogP contribution >= 0.6 is 28.1 Å². The van der Waals surface area contributed by atoms with Crippen LogP contribution in [0.2, 0.25) is 0 Å². The van der Waals surface area contributed by atoms with Gasteiger partial charge in [-0.2, -0.15) is 0 Å². The highest BCUT2D eigenvalue weighted by molar-refractivity contribution is 9.10. The monoisotopic (exact) mass is 429 g/mol. The highest BCUT2D eigenvalue weighted by Gasteiger charge is 2.50. The molecule has 132 valence electrons. The minimum Gasteiger partial charge on any atom is -0.454 e. The van der Waals surface area contributed by atoms with Gasteiger partial charge in [0, 0.05) is 17.6 Å². The normalized spacial score (nSPS) is 23.5. The number of benzene rings is 2. The van der Waals surface area contributed by atoms with E-state index in [1.807, 2.05) is 24.3 Å². The molecule has 1 unspecified atom stereocenters. The zero-order valence-corrected chi connectivity index (χ0v) is 16.3. The second-order valence-electron chi connectivity index (χ2n) is 6.47.